The third-order valence-electron chi connectivity index (χ3n) is 1.83. The van der Waals surface area contributed by atoms with E-state index >= 15 is 0 Å². The van der Waals surface area contributed by atoms with E-state index in [0.717, 1.165) is 19.3 Å². The quantitative estimate of drug-likeness (QED) is 0.443. The topological polar surface area (TPSA) is 84.2 Å². The highest BCUT2D eigenvalue weighted by atomic mass is 16.2. The van der Waals surface area contributed by atoms with Crippen molar-refractivity contribution in [2.75, 3.05) is 0 Å². The van der Waals surface area contributed by atoms with Gasteiger partial charge in [0, 0.05) is 6.42 Å². The van der Waals surface area contributed by atoms with Crippen LogP contribution < -0.4 is 16.6 Å². The number of nitrogens with one attached hydrogen (secondary N) is 2. The van der Waals surface area contributed by atoms with Gasteiger partial charge in [0.05, 0.1) is 0 Å². The van der Waals surface area contributed by atoms with Crippen LogP contribution in [0, 0.1) is 0 Å². The number of hydrogen-bond donors (Lipinski definition) is 3. The standard InChI is InChI=1S/C9H19N3O2/c1-2-3-4-5-6-7-8(13)11-12-9(10)14/h2-7H2,1H3,(H,11,13)(H3,10,12,14). The molecule has 3 amide bonds. The molecule has 0 aliphatic heterocycles. The van der Waals surface area contributed by atoms with Gasteiger partial charge in [-0.25, -0.2) is 10.2 Å². The summed E-state index contributed by atoms with van der Waals surface area (Å²) in [6.07, 6.45) is 5.90. The van der Waals surface area contributed by atoms with Gasteiger partial charge in [-0.3, -0.25) is 10.2 Å². The molecule has 4 N–H and O–H groups in total. The Morgan fingerprint density at radius 1 is 1.07 bits per heavy atom. The zero-order valence-corrected chi connectivity index (χ0v) is 8.64. The molecule has 0 saturated heterocycles. The molecule has 0 unspecified atom stereocenters. The summed E-state index contributed by atoms with van der Waals surface area (Å²) in [5.74, 6) is -0.194. The average Bonchev–Trinajstić information content (AvgIpc) is 2.14. The zero-order chi connectivity index (χ0) is 10.8. The van der Waals surface area contributed by atoms with Crippen molar-refractivity contribution in [2.45, 2.75) is 45.4 Å². The molecule has 0 bridgehead atoms. The largest absolute Gasteiger partial charge is 0.350 e. The molecule has 0 rings (SSSR count). The lowest BCUT2D eigenvalue weighted by atomic mass is 10.1. The molecule has 0 aromatic heterocycles. The summed E-state index contributed by atoms with van der Waals surface area (Å²) in [4.78, 5) is 21.2. The van der Waals surface area contributed by atoms with Crippen LogP contribution in [-0.2, 0) is 4.79 Å². The third-order valence-corrected chi connectivity index (χ3v) is 1.83. The van der Waals surface area contributed by atoms with E-state index in [0.29, 0.717) is 6.42 Å². The molecule has 0 fully saturated rings. The first kappa shape index (κ1) is 12.7. The van der Waals surface area contributed by atoms with Gasteiger partial charge in [-0.2, -0.15) is 0 Å². The maximum absolute atomic E-state index is 11.0. The van der Waals surface area contributed by atoms with Crippen molar-refractivity contribution >= 4 is 11.9 Å². The van der Waals surface area contributed by atoms with Crippen molar-refractivity contribution in [1.29, 1.82) is 0 Å². The second-order valence-corrected chi connectivity index (χ2v) is 3.20. The first-order chi connectivity index (χ1) is 6.66. The first-order valence-corrected chi connectivity index (χ1v) is 5.01. The van der Waals surface area contributed by atoms with Crippen molar-refractivity contribution in [3.63, 3.8) is 0 Å². The molecule has 0 saturated carbocycles. The molecule has 0 spiro atoms. The average molecular weight is 201 g/mol. The van der Waals surface area contributed by atoms with Gasteiger partial charge in [-0.15, -0.1) is 0 Å². The Bertz CT molecular complexity index is 183. The van der Waals surface area contributed by atoms with E-state index in [1.54, 1.807) is 0 Å². The lowest BCUT2D eigenvalue weighted by Crippen LogP contribution is -2.44. The highest BCUT2D eigenvalue weighted by molar-refractivity contribution is 5.80. The smallest absolute Gasteiger partial charge is 0.330 e. The van der Waals surface area contributed by atoms with Gasteiger partial charge < -0.3 is 5.73 Å². The Labute approximate surface area is 84.4 Å². The highest BCUT2D eigenvalue weighted by Crippen LogP contribution is 2.04. The van der Waals surface area contributed by atoms with Gasteiger partial charge in [0.25, 0.3) is 0 Å². The van der Waals surface area contributed by atoms with E-state index in [-0.39, 0.29) is 5.91 Å². The molecule has 14 heavy (non-hydrogen) atoms. The minimum absolute atomic E-state index is 0.194. The summed E-state index contributed by atoms with van der Waals surface area (Å²) < 4.78 is 0. The maximum atomic E-state index is 11.0. The van der Waals surface area contributed by atoms with Crippen LogP contribution in [0.3, 0.4) is 0 Å². The summed E-state index contributed by atoms with van der Waals surface area (Å²) in [6, 6.07) is -0.746. The van der Waals surface area contributed by atoms with Gasteiger partial charge >= 0.3 is 6.03 Å². The third kappa shape index (κ3) is 8.83. The normalized spacial score (nSPS) is 9.50. The fourth-order valence-electron chi connectivity index (χ4n) is 1.08. The van der Waals surface area contributed by atoms with E-state index in [1.165, 1.54) is 12.8 Å². The number of rotatable bonds is 6. The number of nitrogens with two attached hydrogens (primary N) is 1. The van der Waals surface area contributed by atoms with Crippen molar-refractivity contribution in [1.82, 2.24) is 10.9 Å². The fourth-order valence-corrected chi connectivity index (χ4v) is 1.08. The second-order valence-electron chi connectivity index (χ2n) is 3.20. The number of hydrazine groups is 1. The van der Waals surface area contributed by atoms with Gasteiger partial charge in [0.15, 0.2) is 0 Å². The van der Waals surface area contributed by atoms with Gasteiger partial charge in [0.2, 0.25) is 5.91 Å². The summed E-state index contributed by atoms with van der Waals surface area (Å²) in [7, 11) is 0. The molecule has 0 aliphatic carbocycles. The van der Waals surface area contributed by atoms with E-state index < -0.39 is 6.03 Å². The minimum Gasteiger partial charge on any atom is -0.350 e. The zero-order valence-electron chi connectivity index (χ0n) is 8.64. The molecule has 0 radical (unpaired) electrons. The molecule has 0 aromatic rings. The van der Waals surface area contributed by atoms with E-state index in [2.05, 4.69) is 12.3 Å². The molecule has 82 valence electrons. The lowest BCUT2D eigenvalue weighted by Gasteiger charge is -2.04. The molecule has 0 aromatic carbocycles. The minimum atomic E-state index is -0.746. The van der Waals surface area contributed by atoms with Crippen LogP contribution in [0.2, 0.25) is 0 Å². The second kappa shape index (κ2) is 8.34. The van der Waals surface area contributed by atoms with Crippen LogP contribution in [0.25, 0.3) is 0 Å². The van der Waals surface area contributed by atoms with Crippen LogP contribution in [0.5, 0.6) is 0 Å². The predicted octanol–water partition coefficient (Wildman–Crippen LogP) is 1.05. The number of hydrogen-bond acceptors (Lipinski definition) is 2. The summed E-state index contributed by atoms with van der Waals surface area (Å²) in [5, 5.41) is 0. The molecular weight excluding hydrogens is 182 g/mol. The molecular formula is C9H19N3O2. The first-order valence-electron chi connectivity index (χ1n) is 5.01. The number of carbonyl (C=O) groups excluding carboxylic acids is 2. The van der Waals surface area contributed by atoms with Crippen molar-refractivity contribution < 1.29 is 9.59 Å². The van der Waals surface area contributed by atoms with Crippen LogP contribution in [-0.4, -0.2) is 11.9 Å². The SMILES string of the molecule is CCCCCCCC(=O)NNC(N)=O. The Hall–Kier alpha value is -1.26. The highest BCUT2D eigenvalue weighted by Gasteiger charge is 2.00. The Kier molecular flexibility index (Phi) is 7.59. The molecule has 5 nitrogen and oxygen atoms in total. The number of amides is 3. The van der Waals surface area contributed by atoms with Gasteiger partial charge in [-0.05, 0) is 6.42 Å². The van der Waals surface area contributed by atoms with Crippen molar-refractivity contribution in [3.8, 4) is 0 Å². The monoisotopic (exact) mass is 201 g/mol. The number of primary amides is 1. The van der Waals surface area contributed by atoms with Crippen LogP contribution >= 0.6 is 0 Å². The van der Waals surface area contributed by atoms with Crippen LogP contribution in [0.1, 0.15) is 45.4 Å². The summed E-state index contributed by atoms with van der Waals surface area (Å²) in [5.41, 5.74) is 9.02. The lowest BCUT2D eigenvalue weighted by molar-refractivity contribution is -0.121. The van der Waals surface area contributed by atoms with E-state index in [4.69, 9.17) is 5.73 Å². The van der Waals surface area contributed by atoms with Crippen LogP contribution in [0.4, 0.5) is 4.79 Å². The van der Waals surface area contributed by atoms with E-state index in [9.17, 15) is 9.59 Å². The van der Waals surface area contributed by atoms with Crippen molar-refractivity contribution in [2.24, 2.45) is 5.73 Å². The molecule has 0 aliphatic rings. The molecule has 0 atom stereocenters. The summed E-state index contributed by atoms with van der Waals surface area (Å²) >= 11 is 0. The van der Waals surface area contributed by atoms with E-state index in [1.807, 2.05) is 5.43 Å². The van der Waals surface area contributed by atoms with Gasteiger partial charge in [0.1, 0.15) is 0 Å². The molecule has 0 heterocycles. The molecule has 5 heteroatoms. The summed E-state index contributed by atoms with van der Waals surface area (Å²) in [6.45, 7) is 2.14. The number of urea groups is 1. The fraction of sp³-hybridized carbons (Fsp3) is 0.778. The van der Waals surface area contributed by atoms with Crippen LogP contribution in [0.15, 0.2) is 0 Å². The Morgan fingerprint density at radius 2 is 1.71 bits per heavy atom. The predicted molar refractivity (Wildman–Crippen MR) is 54.2 cm³/mol. The Morgan fingerprint density at radius 3 is 2.29 bits per heavy atom. The number of unbranched alkanes of at least 4 members (excludes halogenated alkanes) is 4. The maximum Gasteiger partial charge on any atom is 0.330 e. The van der Waals surface area contributed by atoms with Gasteiger partial charge in [-0.1, -0.05) is 32.6 Å². The number of carbonyl (C=O) groups is 2. The van der Waals surface area contributed by atoms with Crippen molar-refractivity contribution in [3.05, 3.63) is 0 Å². The Balaban J connectivity index is 3.22.